The highest BCUT2D eigenvalue weighted by Crippen LogP contribution is 2.31. The van der Waals surface area contributed by atoms with Crippen molar-refractivity contribution in [2.24, 2.45) is 0 Å². The summed E-state index contributed by atoms with van der Waals surface area (Å²) >= 11 is 0. The van der Waals surface area contributed by atoms with Gasteiger partial charge >= 0.3 is 0 Å². The Hall–Kier alpha value is -3.72. The van der Waals surface area contributed by atoms with Crippen LogP contribution in [0.4, 0.5) is 0 Å². The number of amides is 2. The first-order valence-electron chi connectivity index (χ1n) is 11.7. The molecule has 1 aromatic heterocycles. The molecule has 35 heavy (non-hydrogen) atoms. The lowest BCUT2D eigenvalue weighted by Gasteiger charge is -2.33. The standard InChI is InChI=1S/C26H30N4O5/c1-29(16-17-33-2)26(32)20-13-11-19(12-14-20)24-27-25(35-28-24)22-10-6-7-15-30(22)23(31)18-34-21-8-4-3-5-9-21/h3-5,8-9,11-14,22H,6-7,10,15-18H2,1-2H3/t22-/m1/s1. The molecule has 1 aliphatic heterocycles. The SMILES string of the molecule is COCCN(C)C(=O)c1ccc(-c2noc([C@H]3CCCCN3C(=O)COc3ccccc3)n2)cc1. The van der Waals surface area contributed by atoms with Gasteiger partial charge in [0.25, 0.3) is 11.8 Å². The topological polar surface area (TPSA) is 98.0 Å². The van der Waals surface area contributed by atoms with Gasteiger partial charge in [0.05, 0.1) is 6.61 Å². The molecule has 0 saturated carbocycles. The first-order valence-corrected chi connectivity index (χ1v) is 11.7. The van der Waals surface area contributed by atoms with Gasteiger partial charge in [-0.3, -0.25) is 9.59 Å². The first kappa shape index (κ1) is 24.4. The van der Waals surface area contributed by atoms with Crippen molar-refractivity contribution in [1.29, 1.82) is 0 Å². The molecule has 1 fully saturated rings. The summed E-state index contributed by atoms with van der Waals surface area (Å²) < 4.78 is 16.3. The maximum absolute atomic E-state index is 12.9. The van der Waals surface area contributed by atoms with E-state index in [1.54, 1.807) is 48.2 Å². The Morgan fingerprint density at radius 3 is 2.63 bits per heavy atom. The Balaban J connectivity index is 1.42. The van der Waals surface area contributed by atoms with Gasteiger partial charge in [-0.2, -0.15) is 4.98 Å². The van der Waals surface area contributed by atoms with Gasteiger partial charge in [-0.25, -0.2) is 0 Å². The highest BCUT2D eigenvalue weighted by Gasteiger charge is 2.32. The van der Waals surface area contributed by atoms with E-state index in [9.17, 15) is 9.59 Å². The molecular formula is C26H30N4O5. The molecule has 3 aromatic rings. The van der Waals surface area contributed by atoms with Crippen LogP contribution in [0.5, 0.6) is 5.75 Å². The van der Waals surface area contributed by atoms with Crippen molar-refractivity contribution < 1.29 is 23.6 Å². The molecule has 2 heterocycles. The van der Waals surface area contributed by atoms with Crippen LogP contribution in [0.15, 0.2) is 59.1 Å². The lowest BCUT2D eigenvalue weighted by atomic mass is 10.0. The Morgan fingerprint density at radius 1 is 1.11 bits per heavy atom. The van der Waals surface area contributed by atoms with Crippen molar-refractivity contribution in [2.75, 3.05) is 40.5 Å². The summed E-state index contributed by atoms with van der Waals surface area (Å²) in [4.78, 5) is 33.4. The lowest BCUT2D eigenvalue weighted by Crippen LogP contribution is -2.41. The molecule has 1 atom stereocenters. The van der Waals surface area contributed by atoms with Crippen LogP contribution < -0.4 is 4.74 Å². The zero-order chi connectivity index (χ0) is 24.6. The number of hydrogen-bond donors (Lipinski definition) is 0. The Morgan fingerprint density at radius 2 is 1.89 bits per heavy atom. The van der Waals surface area contributed by atoms with Gasteiger partial charge < -0.3 is 23.8 Å². The number of rotatable bonds is 9. The predicted octanol–water partition coefficient (Wildman–Crippen LogP) is 3.59. The van der Waals surface area contributed by atoms with Crippen LogP contribution in [-0.4, -0.2) is 72.2 Å². The quantitative estimate of drug-likeness (QED) is 0.464. The van der Waals surface area contributed by atoms with E-state index >= 15 is 0 Å². The van der Waals surface area contributed by atoms with Crippen molar-refractivity contribution in [1.82, 2.24) is 19.9 Å². The number of carbonyl (C=O) groups is 2. The number of methoxy groups -OCH3 is 1. The Kier molecular flexibility index (Phi) is 8.10. The number of likely N-dealkylation sites (N-methyl/N-ethyl adjacent to an activating group) is 1. The molecule has 2 aromatic carbocycles. The van der Waals surface area contributed by atoms with E-state index in [0.29, 0.717) is 42.7 Å². The summed E-state index contributed by atoms with van der Waals surface area (Å²) in [5, 5.41) is 4.13. The average molecular weight is 479 g/mol. The molecule has 0 radical (unpaired) electrons. The van der Waals surface area contributed by atoms with E-state index in [1.165, 1.54) is 0 Å². The molecular weight excluding hydrogens is 448 g/mol. The van der Waals surface area contributed by atoms with Gasteiger partial charge in [-0.1, -0.05) is 35.5 Å². The van der Waals surface area contributed by atoms with Crippen LogP contribution in [-0.2, 0) is 9.53 Å². The van der Waals surface area contributed by atoms with Crippen LogP contribution in [0.2, 0.25) is 0 Å². The van der Waals surface area contributed by atoms with E-state index in [-0.39, 0.29) is 24.5 Å². The summed E-state index contributed by atoms with van der Waals surface area (Å²) in [6, 6.07) is 16.1. The zero-order valence-electron chi connectivity index (χ0n) is 20.1. The number of para-hydroxylation sites is 1. The normalized spacial score (nSPS) is 15.6. The lowest BCUT2D eigenvalue weighted by molar-refractivity contribution is -0.138. The fraction of sp³-hybridized carbons (Fsp3) is 0.385. The third kappa shape index (κ3) is 6.05. The minimum atomic E-state index is -0.285. The summed E-state index contributed by atoms with van der Waals surface area (Å²) in [7, 11) is 3.34. The van der Waals surface area contributed by atoms with Crippen molar-refractivity contribution in [3.05, 3.63) is 66.1 Å². The van der Waals surface area contributed by atoms with Gasteiger partial charge in [0, 0.05) is 38.4 Å². The fourth-order valence-electron chi connectivity index (χ4n) is 4.03. The smallest absolute Gasteiger partial charge is 0.261 e. The summed E-state index contributed by atoms with van der Waals surface area (Å²) in [6.07, 6.45) is 2.64. The summed E-state index contributed by atoms with van der Waals surface area (Å²) in [5.74, 6) is 1.29. The molecule has 9 nitrogen and oxygen atoms in total. The second-order valence-electron chi connectivity index (χ2n) is 8.45. The minimum Gasteiger partial charge on any atom is -0.484 e. The molecule has 0 bridgehead atoms. The number of benzene rings is 2. The van der Waals surface area contributed by atoms with E-state index < -0.39 is 0 Å². The van der Waals surface area contributed by atoms with Gasteiger partial charge in [0.1, 0.15) is 11.8 Å². The van der Waals surface area contributed by atoms with Gasteiger partial charge in [-0.05, 0) is 43.5 Å². The van der Waals surface area contributed by atoms with Gasteiger partial charge in [0.15, 0.2) is 6.61 Å². The number of piperidine rings is 1. The number of ether oxygens (including phenoxy) is 2. The second-order valence-corrected chi connectivity index (χ2v) is 8.45. The van der Waals surface area contributed by atoms with Crippen molar-refractivity contribution in [3.63, 3.8) is 0 Å². The fourth-order valence-corrected chi connectivity index (χ4v) is 4.03. The Labute approximate surface area is 204 Å². The largest absolute Gasteiger partial charge is 0.484 e. The zero-order valence-corrected chi connectivity index (χ0v) is 20.1. The molecule has 1 saturated heterocycles. The van der Waals surface area contributed by atoms with Gasteiger partial charge in [0.2, 0.25) is 11.7 Å². The molecule has 9 heteroatoms. The van der Waals surface area contributed by atoms with Crippen LogP contribution in [0.25, 0.3) is 11.4 Å². The maximum Gasteiger partial charge on any atom is 0.261 e. The van der Waals surface area contributed by atoms with E-state index in [0.717, 1.165) is 24.8 Å². The number of likely N-dealkylation sites (tertiary alicyclic amines) is 1. The van der Waals surface area contributed by atoms with Crippen molar-refractivity contribution in [2.45, 2.75) is 25.3 Å². The summed E-state index contributed by atoms with van der Waals surface area (Å²) in [6.45, 7) is 1.56. The summed E-state index contributed by atoms with van der Waals surface area (Å²) in [5.41, 5.74) is 1.30. The van der Waals surface area contributed by atoms with Crippen LogP contribution in [0.3, 0.4) is 0 Å². The number of carbonyl (C=O) groups excluding carboxylic acids is 2. The van der Waals surface area contributed by atoms with Crippen LogP contribution in [0.1, 0.15) is 41.6 Å². The third-order valence-corrected chi connectivity index (χ3v) is 6.02. The van der Waals surface area contributed by atoms with Crippen LogP contribution in [0, 0.1) is 0 Å². The first-order chi connectivity index (χ1) is 17.1. The third-order valence-electron chi connectivity index (χ3n) is 6.02. The van der Waals surface area contributed by atoms with E-state index in [4.69, 9.17) is 14.0 Å². The molecule has 0 aliphatic carbocycles. The number of nitrogens with zero attached hydrogens (tertiary/aromatic N) is 4. The predicted molar refractivity (Wildman–Crippen MR) is 129 cm³/mol. The molecule has 2 amide bonds. The minimum absolute atomic E-state index is 0.0458. The van der Waals surface area contributed by atoms with Crippen LogP contribution >= 0.6 is 0 Å². The molecule has 0 spiro atoms. The van der Waals surface area contributed by atoms with Gasteiger partial charge in [-0.15, -0.1) is 0 Å². The average Bonchev–Trinajstić information content (AvgIpc) is 3.41. The highest BCUT2D eigenvalue weighted by atomic mass is 16.5. The second kappa shape index (κ2) is 11.6. The highest BCUT2D eigenvalue weighted by molar-refractivity contribution is 5.94. The number of hydrogen-bond acceptors (Lipinski definition) is 7. The molecule has 1 aliphatic rings. The van der Waals surface area contributed by atoms with Crippen molar-refractivity contribution >= 4 is 11.8 Å². The number of aromatic nitrogens is 2. The van der Waals surface area contributed by atoms with E-state index in [2.05, 4.69) is 10.1 Å². The monoisotopic (exact) mass is 478 g/mol. The molecule has 4 rings (SSSR count). The molecule has 184 valence electrons. The van der Waals surface area contributed by atoms with Crippen molar-refractivity contribution in [3.8, 4) is 17.1 Å². The Bertz CT molecular complexity index is 1120. The molecule has 0 unspecified atom stereocenters. The maximum atomic E-state index is 12.9. The molecule has 0 N–H and O–H groups in total. The van der Waals surface area contributed by atoms with E-state index in [1.807, 2.05) is 30.3 Å².